The van der Waals surface area contributed by atoms with Gasteiger partial charge in [0.2, 0.25) is 0 Å². The van der Waals surface area contributed by atoms with Crippen molar-refractivity contribution >= 4 is 0 Å². The zero-order valence-electron chi connectivity index (χ0n) is 9.79. The number of phenols is 1. The molecule has 1 aromatic carbocycles. The maximum Gasteiger partial charge on any atom is 0.165 e. The lowest BCUT2D eigenvalue weighted by Gasteiger charge is -2.31. The molecule has 0 saturated heterocycles. The first-order valence-corrected chi connectivity index (χ1v) is 5.15. The molecule has 0 aliphatic rings. The number of phenolic OH excluding ortho intramolecular Hbond substituents is 1. The Morgan fingerprint density at radius 1 is 1.44 bits per heavy atom. The van der Waals surface area contributed by atoms with Gasteiger partial charge in [0, 0.05) is 23.6 Å². The minimum absolute atomic E-state index is 0.135. The molecule has 1 atom stereocenters. The number of hydrogen-bond acceptors (Lipinski definition) is 3. The zero-order valence-corrected chi connectivity index (χ0v) is 9.79. The Balaban J connectivity index is 3.28. The van der Waals surface area contributed by atoms with Crippen molar-refractivity contribution in [3.8, 4) is 5.75 Å². The number of aliphatic hydroxyl groups is 1. The van der Waals surface area contributed by atoms with Crippen LogP contribution in [-0.4, -0.2) is 16.8 Å². The monoisotopic (exact) mass is 227 g/mol. The zero-order chi connectivity index (χ0) is 12.5. The molecule has 16 heavy (non-hydrogen) atoms. The average molecular weight is 227 g/mol. The molecule has 4 N–H and O–H groups in total. The first-order valence-electron chi connectivity index (χ1n) is 5.15. The van der Waals surface area contributed by atoms with E-state index >= 15 is 0 Å². The largest absolute Gasteiger partial charge is 0.505 e. The van der Waals surface area contributed by atoms with E-state index in [4.69, 9.17) is 5.73 Å². The number of benzene rings is 1. The fourth-order valence-electron chi connectivity index (χ4n) is 1.56. The summed E-state index contributed by atoms with van der Waals surface area (Å²) >= 11 is 0. The van der Waals surface area contributed by atoms with Crippen LogP contribution in [0.3, 0.4) is 0 Å². The van der Waals surface area contributed by atoms with Gasteiger partial charge in [-0.05, 0) is 18.6 Å². The molecule has 3 nitrogen and oxygen atoms in total. The molecule has 0 amide bonds. The van der Waals surface area contributed by atoms with Crippen molar-refractivity contribution in [2.75, 3.05) is 6.61 Å². The number of rotatable bonds is 3. The molecular weight excluding hydrogens is 209 g/mol. The molecule has 0 radical (unpaired) electrons. The molecule has 0 heterocycles. The number of nitrogens with two attached hydrogens (primary N) is 1. The minimum atomic E-state index is -0.690. The van der Waals surface area contributed by atoms with Crippen LogP contribution < -0.4 is 5.73 Å². The van der Waals surface area contributed by atoms with Crippen molar-refractivity contribution in [2.24, 2.45) is 11.1 Å². The van der Waals surface area contributed by atoms with Crippen LogP contribution in [0.15, 0.2) is 12.1 Å². The van der Waals surface area contributed by atoms with Crippen molar-refractivity contribution in [3.05, 3.63) is 29.1 Å². The van der Waals surface area contributed by atoms with E-state index in [0.29, 0.717) is 11.1 Å². The summed E-state index contributed by atoms with van der Waals surface area (Å²) in [5.41, 5.74) is 6.43. The van der Waals surface area contributed by atoms with E-state index in [9.17, 15) is 14.6 Å². The fraction of sp³-hybridized carbons (Fsp3) is 0.500. The predicted octanol–water partition coefficient (Wildman–Crippen LogP) is 1.86. The van der Waals surface area contributed by atoms with Gasteiger partial charge in [-0.1, -0.05) is 19.9 Å². The molecule has 0 unspecified atom stereocenters. The van der Waals surface area contributed by atoms with Crippen LogP contribution in [0.5, 0.6) is 5.75 Å². The van der Waals surface area contributed by atoms with Gasteiger partial charge < -0.3 is 15.9 Å². The lowest BCUT2D eigenvalue weighted by molar-refractivity contribution is 0.130. The normalized spacial score (nSPS) is 13.9. The molecule has 0 aliphatic carbocycles. The van der Waals surface area contributed by atoms with E-state index in [2.05, 4.69) is 0 Å². The molecule has 90 valence electrons. The lowest BCUT2D eigenvalue weighted by Crippen LogP contribution is -2.33. The van der Waals surface area contributed by atoms with E-state index in [1.165, 1.54) is 6.07 Å². The van der Waals surface area contributed by atoms with Crippen molar-refractivity contribution < 1.29 is 14.6 Å². The first-order chi connectivity index (χ1) is 7.31. The number of hydrogen-bond donors (Lipinski definition) is 3. The number of halogens is 1. The second-order valence-corrected chi connectivity index (χ2v) is 4.75. The molecule has 0 saturated carbocycles. The number of aryl methyl sites for hydroxylation is 1. The Kier molecular flexibility index (Phi) is 3.55. The van der Waals surface area contributed by atoms with Crippen molar-refractivity contribution in [1.82, 2.24) is 0 Å². The summed E-state index contributed by atoms with van der Waals surface area (Å²) in [5, 5.41) is 18.9. The van der Waals surface area contributed by atoms with Gasteiger partial charge >= 0.3 is 0 Å². The second kappa shape index (κ2) is 4.39. The molecule has 0 fully saturated rings. The quantitative estimate of drug-likeness (QED) is 0.738. The van der Waals surface area contributed by atoms with Gasteiger partial charge in [0.15, 0.2) is 11.6 Å². The molecular formula is C12H18FNO2. The summed E-state index contributed by atoms with van der Waals surface area (Å²) in [6, 6.07) is 2.15. The predicted molar refractivity (Wildman–Crippen MR) is 60.6 cm³/mol. The second-order valence-electron chi connectivity index (χ2n) is 4.75. The first kappa shape index (κ1) is 12.9. The molecule has 1 aromatic rings. The third-order valence-electron chi connectivity index (χ3n) is 2.95. The van der Waals surface area contributed by atoms with E-state index in [1.54, 1.807) is 26.8 Å². The highest BCUT2D eigenvalue weighted by atomic mass is 19.1. The molecule has 0 aromatic heterocycles. The third-order valence-corrected chi connectivity index (χ3v) is 2.95. The Bertz CT molecular complexity index is 391. The highest BCUT2D eigenvalue weighted by Crippen LogP contribution is 2.38. The molecule has 0 aliphatic heterocycles. The maximum atomic E-state index is 13.2. The van der Waals surface area contributed by atoms with Gasteiger partial charge in [0.1, 0.15) is 0 Å². The van der Waals surface area contributed by atoms with Gasteiger partial charge in [-0.25, -0.2) is 4.39 Å². The standard InChI is InChI=1S/C12H18FNO2/c1-7-4-5-8(13)10(16)9(7)11(14)12(2,3)6-15/h4-5,11,15-16H,6,14H2,1-3H3/t11-/m0/s1. The average Bonchev–Trinajstić information content (AvgIpc) is 2.24. The molecule has 1 rings (SSSR count). The van der Waals surface area contributed by atoms with E-state index in [1.807, 2.05) is 0 Å². The summed E-state index contributed by atoms with van der Waals surface area (Å²) in [7, 11) is 0. The Morgan fingerprint density at radius 2 is 2.00 bits per heavy atom. The van der Waals surface area contributed by atoms with Crippen molar-refractivity contribution in [2.45, 2.75) is 26.8 Å². The highest BCUT2D eigenvalue weighted by molar-refractivity contribution is 5.42. The van der Waals surface area contributed by atoms with Gasteiger partial charge in [-0.3, -0.25) is 0 Å². The van der Waals surface area contributed by atoms with E-state index in [-0.39, 0.29) is 6.61 Å². The summed E-state index contributed by atoms with van der Waals surface area (Å²) < 4.78 is 13.2. The van der Waals surface area contributed by atoms with Crippen LogP contribution in [0.4, 0.5) is 4.39 Å². The SMILES string of the molecule is Cc1ccc(F)c(O)c1[C@H](N)C(C)(C)CO. The molecule has 4 heteroatoms. The lowest BCUT2D eigenvalue weighted by atomic mass is 9.80. The van der Waals surface area contributed by atoms with Crippen LogP contribution in [0.25, 0.3) is 0 Å². The molecule has 0 bridgehead atoms. The number of aliphatic hydroxyl groups excluding tert-OH is 1. The maximum absolute atomic E-state index is 13.2. The Morgan fingerprint density at radius 3 is 2.50 bits per heavy atom. The Labute approximate surface area is 94.7 Å². The van der Waals surface area contributed by atoms with E-state index in [0.717, 1.165) is 0 Å². The van der Waals surface area contributed by atoms with Crippen LogP contribution in [-0.2, 0) is 0 Å². The fourth-order valence-corrected chi connectivity index (χ4v) is 1.56. The van der Waals surface area contributed by atoms with Gasteiger partial charge in [-0.2, -0.15) is 0 Å². The summed E-state index contributed by atoms with van der Waals surface area (Å²) in [5.74, 6) is -1.11. The van der Waals surface area contributed by atoms with Crippen LogP contribution >= 0.6 is 0 Å². The Hall–Kier alpha value is -1.13. The molecule has 0 spiro atoms. The van der Waals surface area contributed by atoms with Crippen LogP contribution in [0.1, 0.15) is 31.0 Å². The number of aromatic hydroxyl groups is 1. The van der Waals surface area contributed by atoms with Crippen molar-refractivity contribution in [3.63, 3.8) is 0 Å². The summed E-state index contributed by atoms with van der Waals surface area (Å²) in [6.07, 6.45) is 0. The van der Waals surface area contributed by atoms with Gasteiger partial charge in [-0.15, -0.1) is 0 Å². The highest BCUT2D eigenvalue weighted by Gasteiger charge is 2.30. The van der Waals surface area contributed by atoms with Crippen LogP contribution in [0.2, 0.25) is 0 Å². The minimum Gasteiger partial charge on any atom is -0.505 e. The smallest absolute Gasteiger partial charge is 0.165 e. The summed E-state index contributed by atoms with van der Waals surface area (Å²) in [4.78, 5) is 0. The van der Waals surface area contributed by atoms with E-state index < -0.39 is 23.0 Å². The van der Waals surface area contributed by atoms with Gasteiger partial charge in [0.05, 0.1) is 0 Å². The van der Waals surface area contributed by atoms with Crippen LogP contribution in [0, 0.1) is 18.2 Å². The van der Waals surface area contributed by atoms with Gasteiger partial charge in [0.25, 0.3) is 0 Å². The topological polar surface area (TPSA) is 66.5 Å². The van der Waals surface area contributed by atoms with Crippen molar-refractivity contribution in [1.29, 1.82) is 0 Å². The summed E-state index contributed by atoms with van der Waals surface area (Å²) in [6.45, 7) is 5.15. The third kappa shape index (κ3) is 2.18.